The Morgan fingerprint density at radius 2 is 1.86 bits per heavy atom. The molecule has 2 N–H and O–H groups in total. The molecule has 0 spiro atoms. The van der Waals surface area contributed by atoms with Crippen LogP contribution in [-0.2, 0) is 30.6 Å². The molecule has 1 aromatic heterocycles. The van der Waals surface area contributed by atoms with Crippen molar-refractivity contribution in [1.82, 2.24) is 9.80 Å². The fourth-order valence-corrected chi connectivity index (χ4v) is 7.37. The summed E-state index contributed by atoms with van der Waals surface area (Å²) in [6.45, 7) is -0.418. The number of amides is 4. The number of aliphatic hydroxyl groups is 1. The van der Waals surface area contributed by atoms with E-state index in [1.54, 1.807) is 12.1 Å². The van der Waals surface area contributed by atoms with E-state index in [9.17, 15) is 29.1 Å². The van der Waals surface area contributed by atoms with Gasteiger partial charge < -0.3 is 14.6 Å². The van der Waals surface area contributed by atoms with Crippen LogP contribution in [0.2, 0.25) is 0 Å². The molecule has 3 heterocycles. The van der Waals surface area contributed by atoms with Crippen LogP contribution in [0, 0.1) is 17.8 Å². The normalized spacial score (nSPS) is 35.6. The summed E-state index contributed by atoms with van der Waals surface area (Å²) in [5, 5.41) is 18.5. The molecule has 12 heteroatoms. The maximum Gasteiger partial charge on any atom is 0.303 e. The van der Waals surface area contributed by atoms with E-state index in [0.29, 0.717) is 5.57 Å². The molecule has 0 bridgehead atoms. The summed E-state index contributed by atoms with van der Waals surface area (Å²) in [7, 11) is 1.30. The van der Waals surface area contributed by atoms with Gasteiger partial charge in [-0.15, -0.1) is 23.2 Å². The van der Waals surface area contributed by atoms with E-state index in [4.69, 9.17) is 32.7 Å². The second-order valence-corrected chi connectivity index (χ2v) is 11.0. The number of rotatable bonds is 6. The smallest absolute Gasteiger partial charge is 0.303 e. The molecule has 4 aliphatic rings. The number of hydrogen-bond acceptors (Lipinski definition) is 7. The highest BCUT2D eigenvalue weighted by Crippen LogP contribution is 2.65. The van der Waals surface area contributed by atoms with Crippen molar-refractivity contribution in [2.75, 3.05) is 13.6 Å². The fraction of sp³-hybridized carbons (Fsp3) is 0.542. The molecule has 5 rings (SSSR count). The number of carboxylic acids is 1. The van der Waals surface area contributed by atoms with Gasteiger partial charge in [0.1, 0.15) is 18.1 Å². The van der Waals surface area contributed by atoms with Crippen molar-refractivity contribution in [2.24, 2.45) is 17.8 Å². The lowest BCUT2D eigenvalue weighted by Crippen LogP contribution is -2.60. The fourth-order valence-electron chi connectivity index (χ4n) is 6.36. The van der Waals surface area contributed by atoms with E-state index in [1.807, 2.05) is 0 Å². The number of aliphatic carboxylic acids is 1. The third-order valence-electron chi connectivity index (χ3n) is 8.00. The van der Waals surface area contributed by atoms with Crippen molar-refractivity contribution in [1.29, 1.82) is 0 Å². The van der Waals surface area contributed by atoms with E-state index in [-0.39, 0.29) is 49.7 Å². The Morgan fingerprint density at radius 3 is 2.50 bits per heavy atom. The molecule has 2 aliphatic heterocycles. The van der Waals surface area contributed by atoms with Gasteiger partial charge in [0, 0.05) is 20.0 Å². The zero-order valence-corrected chi connectivity index (χ0v) is 20.8. The van der Waals surface area contributed by atoms with E-state index in [0.717, 1.165) is 9.80 Å². The van der Waals surface area contributed by atoms with Crippen LogP contribution in [0.1, 0.15) is 43.1 Å². The van der Waals surface area contributed by atoms with E-state index < -0.39 is 63.7 Å². The number of fused-ring (bicyclic) bond motifs is 4. The maximum absolute atomic E-state index is 13.5. The van der Waals surface area contributed by atoms with Gasteiger partial charge in [0.25, 0.3) is 11.8 Å². The molecular formula is C24H24Cl2N2O8. The molecule has 10 nitrogen and oxygen atoms in total. The molecule has 0 aromatic carbocycles. The number of nitrogens with zero attached hydrogens (tertiary/aromatic N) is 2. The largest absolute Gasteiger partial charge is 0.481 e. The van der Waals surface area contributed by atoms with Gasteiger partial charge in [-0.1, -0.05) is 11.6 Å². The Labute approximate surface area is 215 Å². The minimum absolute atomic E-state index is 0.0217. The number of carbonyl (C=O) groups is 5. The summed E-state index contributed by atoms with van der Waals surface area (Å²) >= 11 is 14.0. The lowest BCUT2D eigenvalue weighted by atomic mass is 9.57. The van der Waals surface area contributed by atoms with E-state index >= 15 is 0 Å². The highest BCUT2D eigenvalue weighted by atomic mass is 35.5. The molecule has 4 amide bonds. The number of furan rings is 1. The molecule has 1 saturated carbocycles. The summed E-state index contributed by atoms with van der Waals surface area (Å²) in [5.41, 5.74) is 0.589. The lowest BCUT2D eigenvalue weighted by molar-refractivity contribution is -0.142. The number of aliphatic hydroxyl groups excluding tert-OH is 1. The number of carbonyl (C=O) groups excluding carboxylic acids is 4. The van der Waals surface area contributed by atoms with E-state index in [1.165, 1.54) is 13.1 Å². The van der Waals surface area contributed by atoms with Gasteiger partial charge >= 0.3 is 5.97 Å². The quantitative estimate of drug-likeness (QED) is 0.315. The summed E-state index contributed by atoms with van der Waals surface area (Å²) in [6, 6.07) is 3.09. The van der Waals surface area contributed by atoms with E-state index in [2.05, 4.69) is 0 Å². The van der Waals surface area contributed by atoms with Gasteiger partial charge in [-0.05, 0) is 37.3 Å². The van der Waals surface area contributed by atoms with Gasteiger partial charge in [-0.2, -0.15) is 0 Å². The second-order valence-electron chi connectivity index (χ2n) is 9.79. The van der Waals surface area contributed by atoms with Crippen LogP contribution >= 0.6 is 23.2 Å². The van der Waals surface area contributed by atoms with Crippen molar-refractivity contribution < 1.29 is 38.6 Å². The summed E-state index contributed by atoms with van der Waals surface area (Å²) in [6.07, 6.45) is 1.79. The number of imide groups is 2. The molecular weight excluding hydrogens is 515 g/mol. The van der Waals surface area contributed by atoms with Crippen molar-refractivity contribution >= 4 is 52.8 Å². The monoisotopic (exact) mass is 538 g/mol. The van der Waals surface area contributed by atoms with Crippen LogP contribution in [0.25, 0.3) is 0 Å². The SMILES string of the molecule is CN1C(=O)[C@]2(Cl)C[C@@H]3C(=CC[C@@H]4C(=O)N(CCCC(=O)O)C(=O)[C@@H]43)[C@H](c3ccc(CO)o3)[C@]2(Cl)C1=O. The van der Waals surface area contributed by atoms with Crippen molar-refractivity contribution in [2.45, 2.75) is 48.0 Å². The average molecular weight is 539 g/mol. The number of alkyl halides is 2. The van der Waals surface area contributed by atoms with Crippen LogP contribution in [0.4, 0.5) is 0 Å². The molecule has 2 aliphatic carbocycles. The highest BCUT2D eigenvalue weighted by Gasteiger charge is 2.76. The molecule has 2 saturated heterocycles. The first-order valence-corrected chi connectivity index (χ1v) is 12.4. The number of allylic oxidation sites excluding steroid dienone is 2. The zero-order valence-electron chi connectivity index (χ0n) is 19.3. The van der Waals surface area contributed by atoms with Gasteiger partial charge in [0.05, 0.1) is 17.8 Å². The number of hydrogen-bond donors (Lipinski definition) is 2. The molecule has 36 heavy (non-hydrogen) atoms. The Bertz CT molecular complexity index is 1230. The first kappa shape index (κ1) is 25.0. The summed E-state index contributed by atoms with van der Waals surface area (Å²) in [5.74, 6) is -6.01. The number of carboxylic acid groups (broad SMARTS) is 1. The zero-order chi connectivity index (χ0) is 26.2. The Kier molecular flexibility index (Phi) is 5.85. The minimum Gasteiger partial charge on any atom is -0.481 e. The van der Waals surface area contributed by atoms with Crippen molar-refractivity contribution in [3.05, 3.63) is 35.3 Å². The van der Waals surface area contributed by atoms with Crippen LogP contribution in [-0.4, -0.2) is 73.0 Å². The van der Waals surface area contributed by atoms with Crippen molar-refractivity contribution in [3.63, 3.8) is 0 Å². The first-order chi connectivity index (χ1) is 17.0. The van der Waals surface area contributed by atoms with Crippen LogP contribution in [0.15, 0.2) is 28.2 Å². The maximum atomic E-state index is 13.5. The Morgan fingerprint density at radius 1 is 1.14 bits per heavy atom. The summed E-state index contributed by atoms with van der Waals surface area (Å²) < 4.78 is 5.78. The Hall–Kier alpha value is -2.69. The predicted octanol–water partition coefficient (Wildman–Crippen LogP) is 1.63. The van der Waals surface area contributed by atoms with Gasteiger partial charge in [0.15, 0.2) is 9.75 Å². The first-order valence-electron chi connectivity index (χ1n) is 11.6. The predicted molar refractivity (Wildman–Crippen MR) is 124 cm³/mol. The number of likely N-dealkylation sites (tertiary alicyclic amines) is 2. The van der Waals surface area contributed by atoms with Crippen LogP contribution in [0.3, 0.4) is 0 Å². The Balaban J connectivity index is 1.59. The average Bonchev–Trinajstić information content (AvgIpc) is 3.44. The molecule has 0 radical (unpaired) electrons. The highest BCUT2D eigenvalue weighted by molar-refractivity contribution is 6.53. The molecule has 6 atom stereocenters. The van der Waals surface area contributed by atoms with Crippen molar-refractivity contribution in [3.8, 4) is 0 Å². The summed E-state index contributed by atoms with van der Waals surface area (Å²) in [4.78, 5) is 62.3. The second kappa shape index (κ2) is 8.43. The van der Waals surface area contributed by atoms with Gasteiger partial charge in [-0.3, -0.25) is 33.8 Å². The van der Waals surface area contributed by atoms with Crippen LogP contribution < -0.4 is 0 Å². The lowest BCUT2D eigenvalue weighted by Gasteiger charge is -2.49. The standard InChI is InChI=1S/C24H24Cl2N2O8/c1-27-21(34)23(25)9-14-12(18(24(23,26)22(27)35)15-7-4-11(10-29)36-15)5-6-13-17(14)20(33)28(19(13)32)8-2-3-16(30)31/h4-5,7,13-14,17-18,29H,2-3,6,8-10H2,1H3,(H,30,31)/t13-,14+,17-,18+,23+,24-/m0/s1. The third-order valence-corrected chi connectivity index (χ3v) is 9.41. The van der Waals surface area contributed by atoms with Gasteiger partial charge in [-0.25, -0.2) is 0 Å². The molecule has 1 aromatic rings. The molecule has 0 unspecified atom stereocenters. The molecule has 3 fully saturated rings. The van der Waals surface area contributed by atoms with Crippen LogP contribution in [0.5, 0.6) is 0 Å². The third kappa shape index (κ3) is 3.17. The molecule has 192 valence electrons. The number of halogens is 2. The van der Waals surface area contributed by atoms with Gasteiger partial charge in [0.2, 0.25) is 11.8 Å². The minimum atomic E-state index is -1.94. The topological polar surface area (TPSA) is 145 Å².